The van der Waals surface area contributed by atoms with Gasteiger partial charge in [0.05, 0.1) is 19.0 Å². The number of hydrogen-bond donors (Lipinski definition) is 1. The molecule has 0 fully saturated rings. The van der Waals surface area contributed by atoms with Crippen molar-refractivity contribution in [1.82, 2.24) is 14.9 Å². The monoisotopic (exact) mass is 252 g/mol. The average molecular weight is 252 g/mol. The molecule has 0 aliphatic carbocycles. The molecule has 0 saturated heterocycles. The van der Waals surface area contributed by atoms with Crippen LogP contribution in [0.3, 0.4) is 0 Å². The first-order valence-electron chi connectivity index (χ1n) is 5.97. The van der Waals surface area contributed by atoms with Gasteiger partial charge in [0.15, 0.2) is 0 Å². The van der Waals surface area contributed by atoms with Gasteiger partial charge in [0, 0.05) is 19.7 Å². The van der Waals surface area contributed by atoms with E-state index in [2.05, 4.69) is 9.97 Å². The summed E-state index contributed by atoms with van der Waals surface area (Å²) in [5.41, 5.74) is 5.81. The minimum atomic E-state index is -0.166. The van der Waals surface area contributed by atoms with Crippen LogP contribution in [-0.2, 0) is 4.74 Å². The zero-order chi connectivity index (χ0) is 13.5. The van der Waals surface area contributed by atoms with Crippen LogP contribution in [0.25, 0.3) is 0 Å². The highest BCUT2D eigenvalue weighted by Crippen LogP contribution is 2.09. The van der Waals surface area contributed by atoms with E-state index in [0.29, 0.717) is 13.2 Å². The summed E-state index contributed by atoms with van der Waals surface area (Å²) in [6, 6.07) is 0.121. The van der Waals surface area contributed by atoms with Crippen LogP contribution in [0.15, 0.2) is 12.4 Å². The molecule has 1 aromatic heterocycles. The van der Waals surface area contributed by atoms with Crippen LogP contribution in [0.1, 0.15) is 30.8 Å². The van der Waals surface area contributed by atoms with Crippen LogP contribution in [-0.4, -0.2) is 47.1 Å². The summed E-state index contributed by atoms with van der Waals surface area (Å²) in [5.74, 6) is 0.0814. The first-order chi connectivity index (χ1) is 8.60. The van der Waals surface area contributed by atoms with Crippen LogP contribution in [0.5, 0.6) is 0 Å². The molecule has 18 heavy (non-hydrogen) atoms. The van der Waals surface area contributed by atoms with E-state index in [1.54, 1.807) is 12.0 Å². The molecule has 1 aromatic rings. The number of nitrogen functional groups attached to an aromatic ring is 1. The van der Waals surface area contributed by atoms with E-state index in [0.717, 1.165) is 6.42 Å². The Morgan fingerprint density at radius 2 is 2.28 bits per heavy atom. The summed E-state index contributed by atoms with van der Waals surface area (Å²) < 4.78 is 5.02. The van der Waals surface area contributed by atoms with Gasteiger partial charge in [-0.25, -0.2) is 4.98 Å². The summed E-state index contributed by atoms with van der Waals surface area (Å²) >= 11 is 0. The molecule has 6 heteroatoms. The average Bonchev–Trinajstić information content (AvgIpc) is 2.38. The van der Waals surface area contributed by atoms with Gasteiger partial charge in [0.1, 0.15) is 11.5 Å². The minimum Gasteiger partial charge on any atom is -0.383 e. The molecular formula is C12H20N4O2. The van der Waals surface area contributed by atoms with E-state index >= 15 is 0 Å². The van der Waals surface area contributed by atoms with Gasteiger partial charge in [0.2, 0.25) is 0 Å². The smallest absolute Gasteiger partial charge is 0.274 e. The van der Waals surface area contributed by atoms with E-state index in [4.69, 9.17) is 10.5 Å². The molecule has 1 heterocycles. The van der Waals surface area contributed by atoms with Crippen LogP contribution in [0.4, 0.5) is 5.82 Å². The van der Waals surface area contributed by atoms with Crippen molar-refractivity contribution < 1.29 is 9.53 Å². The van der Waals surface area contributed by atoms with Crippen molar-refractivity contribution in [2.45, 2.75) is 26.3 Å². The van der Waals surface area contributed by atoms with Crippen molar-refractivity contribution in [3.05, 3.63) is 18.1 Å². The summed E-state index contributed by atoms with van der Waals surface area (Å²) in [4.78, 5) is 21.9. The lowest BCUT2D eigenvalue weighted by molar-refractivity contribution is 0.0608. The SMILES string of the molecule is CCC(C)N(CCOC)C(=O)c1cncc(N)n1. The highest BCUT2D eigenvalue weighted by atomic mass is 16.5. The molecule has 100 valence electrons. The Hall–Kier alpha value is -1.69. The predicted molar refractivity (Wildman–Crippen MR) is 69.1 cm³/mol. The third-order valence-electron chi connectivity index (χ3n) is 2.79. The summed E-state index contributed by atoms with van der Waals surface area (Å²) in [5, 5.41) is 0. The van der Waals surface area contributed by atoms with E-state index in [-0.39, 0.29) is 23.5 Å². The first kappa shape index (κ1) is 14.4. The van der Waals surface area contributed by atoms with Gasteiger partial charge >= 0.3 is 0 Å². The van der Waals surface area contributed by atoms with Gasteiger partial charge < -0.3 is 15.4 Å². The van der Waals surface area contributed by atoms with Gasteiger partial charge in [-0.3, -0.25) is 9.78 Å². The maximum atomic E-state index is 12.3. The first-order valence-corrected chi connectivity index (χ1v) is 5.97. The van der Waals surface area contributed by atoms with E-state index in [1.807, 2.05) is 13.8 Å². The second-order valence-corrected chi connectivity index (χ2v) is 4.08. The number of nitrogens with two attached hydrogens (primary N) is 1. The second-order valence-electron chi connectivity index (χ2n) is 4.08. The number of carbonyl (C=O) groups is 1. The van der Waals surface area contributed by atoms with Gasteiger partial charge in [-0.15, -0.1) is 0 Å². The lowest BCUT2D eigenvalue weighted by Gasteiger charge is -2.27. The summed E-state index contributed by atoms with van der Waals surface area (Å²) in [6.45, 7) is 5.04. The summed E-state index contributed by atoms with van der Waals surface area (Å²) in [6.07, 6.45) is 3.71. The van der Waals surface area contributed by atoms with E-state index in [1.165, 1.54) is 12.4 Å². The molecule has 0 bridgehead atoms. The topological polar surface area (TPSA) is 81.3 Å². The highest BCUT2D eigenvalue weighted by Gasteiger charge is 2.21. The Bertz CT molecular complexity index is 397. The number of rotatable bonds is 6. The molecule has 0 radical (unpaired) electrons. The molecule has 0 aromatic carbocycles. The third kappa shape index (κ3) is 3.66. The zero-order valence-electron chi connectivity index (χ0n) is 11.1. The fourth-order valence-electron chi connectivity index (χ4n) is 1.56. The molecule has 1 unspecified atom stereocenters. The molecule has 1 atom stereocenters. The standard InChI is InChI=1S/C12H20N4O2/c1-4-9(2)16(5-6-18-3)12(17)10-7-14-8-11(13)15-10/h7-9H,4-6H2,1-3H3,(H2,13,15). The van der Waals surface area contributed by atoms with E-state index in [9.17, 15) is 4.79 Å². The fourth-order valence-corrected chi connectivity index (χ4v) is 1.56. The van der Waals surface area contributed by atoms with Gasteiger partial charge in [-0.05, 0) is 13.3 Å². The maximum absolute atomic E-state index is 12.3. The Morgan fingerprint density at radius 3 is 2.83 bits per heavy atom. The van der Waals surface area contributed by atoms with Crippen molar-refractivity contribution in [1.29, 1.82) is 0 Å². The number of carbonyl (C=O) groups excluding carboxylic acids is 1. The minimum absolute atomic E-state index is 0.121. The van der Waals surface area contributed by atoms with Crippen molar-refractivity contribution >= 4 is 11.7 Å². The number of amides is 1. The Balaban J connectivity index is 2.87. The number of aromatic nitrogens is 2. The lowest BCUT2D eigenvalue weighted by atomic mass is 10.2. The predicted octanol–water partition coefficient (Wildman–Crippen LogP) is 0.946. The van der Waals surface area contributed by atoms with Crippen LogP contribution in [0.2, 0.25) is 0 Å². The molecule has 0 aliphatic rings. The maximum Gasteiger partial charge on any atom is 0.274 e. The Labute approximate surface area is 107 Å². The quantitative estimate of drug-likeness (QED) is 0.815. The van der Waals surface area contributed by atoms with Gasteiger partial charge in [0.25, 0.3) is 5.91 Å². The largest absolute Gasteiger partial charge is 0.383 e. The van der Waals surface area contributed by atoms with Crippen molar-refractivity contribution in [2.24, 2.45) is 0 Å². The lowest BCUT2D eigenvalue weighted by Crippen LogP contribution is -2.41. The fraction of sp³-hybridized carbons (Fsp3) is 0.583. The van der Waals surface area contributed by atoms with Crippen molar-refractivity contribution in [3.63, 3.8) is 0 Å². The number of hydrogen-bond acceptors (Lipinski definition) is 5. The van der Waals surface area contributed by atoms with Crippen LogP contribution < -0.4 is 5.73 Å². The number of nitrogens with zero attached hydrogens (tertiary/aromatic N) is 3. The Kier molecular flexibility index (Phi) is 5.51. The molecule has 0 aliphatic heterocycles. The number of anilines is 1. The molecule has 0 spiro atoms. The highest BCUT2D eigenvalue weighted by molar-refractivity contribution is 5.92. The molecule has 2 N–H and O–H groups in total. The van der Waals surface area contributed by atoms with Crippen molar-refractivity contribution in [3.8, 4) is 0 Å². The molecule has 1 amide bonds. The number of methoxy groups -OCH3 is 1. The molecule has 1 rings (SSSR count). The van der Waals surface area contributed by atoms with E-state index < -0.39 is 0 Å². The normalized spacial score (nSPS) is 12.2. The van der Waals surface area contributed by atoms with Crippen molar-refractivity contribution in [2.75, 3.05) is 26.0 Å². The summed E-state index contributed by atoms with van der Waals surface area (Å²) in [7, 11) is 1.61. The Morgan fingerprint density at radius 1 is 1.56 bits per heavy atom. The molecular weight excluding hydrogens is 232 g/mol. The van der Waals surface area contributed by atoms with Gasteiger partial charge in [-0.2, -0.15) is 0 Å². The van der Waals surface area contributed by atoms with Gasteiger partial charge in [-0.1, -0.05) is 6.92 Å². The molecule has 0 saturated carbocycles. The molecule has 6 nitrogen and oxygen atoms in total. The van der Waals surface area contributed by atoms with Crippen LogP contribution in [0, 0.1) is 0 Å². The number of ether oxygens (including phenoxy) is 1. The third-order valence-corrected chi connectivity index (χ3v) is 2.79. The second kappa shape index (κ2) is 6.90. The zero-order valence-corrected chi connectivity index (χ0v) is 11.1. The van der Waals surface area contributed by atoms with Crippen LogP contribution >= 0.6 is 0 Å².